The van der Waals surface area contributed by atoms with Crippen LogP contribution >= 0.6 is 11.6 Å². The van der Waals surface area contributed by atoms with Gasteiger partial charge in [-0.3, -0.25) is 14.2 Å². The summed E-state index contributed by atoms with van der Waals surface area (Å²) in [6.45, 7) is 6.59. The minimum Gasteiger partial charge on any atom is -0.497 e. The summed E-state index contributed by atoms with van der Waals surface area (Å²) in [7, 11) is 1.56. The quantitative estimate of drug-likeness (QED) is 0.604. The molecule has 3 rings (SSSR count). The number of hydrogen-bond donors (Lipinski definition) is 0. The van der Waals surface area contributed by atoms with Crippen LogP contribution in [-0.4, -0.2) is 34.0 Å². The molecule has 152 valence electrons. The lowest BCUT2D eigenvalue weighted by molar-refractivity contribution is 0.0691. The molecule has 0 saturated heterocycles. The number of hydrogen-bond acceptors (Lipinski definition) is 4. The van der Waals surface area contributed by atoms with Crippen LogP contribution in [0.1, 0.15) is 43.0 Å². The fourth-order valence-corrected chi connectivity index (χ4v) is 3.66. The van der Waals surface area contributed by atoms with Crippen molar-refractivity contribution in [1.82, 2.24) is 14.5 Å². The molecule has 2 aromatic carbocycles. The van der Waals surface area contributed by atoms with Crippen molar-refractivity contribution in [2.24, 2.45) is 0 Å². The van der Waals surface area contributed by atoms with Crippen molar-refractivity contribution in [3.8, 4) is 5.75 Å². The Morgan fingerprint density at radius 2 is 2.00 bits per heavy atom. The van der Waals surface area contributed by atoms with E-state index in [2.05, 4.69) is 0 Å². The van der Waals surface area contributed by atoms with E-state index in [0.29, 0.717) is 46.2 Å². The van der Waals surface area contributed by atoms with E-state index >= 15 is 0 Å². The van der Waals surface area contributed by atoms with Crippen LogP contribution in [0.4, 0.5) is 0 Å². The molecular formula is C22H24ClN3O3. The van der Waals surface area contributed by atoms with Crippen molar-refractivity contribution < 1.29 is 9.53 Å². The second-order valence-corrected chi connectivity index (χ2v) is 7.12. The van der Waals surface area contributed by atoms with Gasteiger partial charge in [0.15, 0.2) is 0 Å². The highest BCUT2D eigenvalue weighted by Gasteiger charge is 2.26. The Kier molecular flexibility index (Phi) is 6.23. The Balaban J connectivity index is 2.09. The minimum absolute atomic E-state index is 0.138. The summed E-state index contributed by atoms with van der Waals surface area (Å²) in [5.74, 6) is 0.996. The van der Waals surface area contributed by atoms with Crippen molar-refractivity contribution in [2.75, 3.05) is 13.7 Å². The van der Waals surface area contributed by atoms with Crippen molar-refractivity contribution in [1.29, 1.82) is 0 Å². The van der Waals surface area contributed by atoms with Gasteiger partial charge in [-0.1, -0.05) is 17.7 Å². The largest absolute Gasteiger partial charge is 0.497 e. The Morgan fingerprint density at radius 1 is 1.24 bits per heavy atom. The zero-order valence-electron chi connectivity index (χ0n) is 17.0. The van der Waals surface area contributed by atoms with Crippen LogP contribution in [0.25, 0.3) is 10.9 Å². The summed E-state index contributed by atoms with van der Waals surface area (Å²) >= 11 is 6.10. The first-order valence-electron chi connectivity index (χ1n) is 9.56. The molecule has 1 unspecified atom stereocenters. The van der Waals surface area contributed by atoms with Crippen LogP contribution in [0.15, 0.2) is 47.3 Å². The summed E-state index contributed by atoms with van der Waals surface area (Å²) in [4.78, 5) is 32.6. The number of ether oxygens (including phenoxy) is 1. The number of fused-ring (bicyclic) bond motifs is 1. The normalized spacial score (nSPS) is 12.0. The van der Waals surface area contributed by atoms with Crippen molar-refractivity contribution >= 4 is 28.4 Å². The smallest absolute Gasteiger partial charge is 0.261 e. The number of amides is 1. The van der Waals surface area contributed by atoms with E-state index in [9.17, 15) is 9.59 Å². The molecule has 1 aromatic heterocycles. The number of benzene rings is 2. The lowest BCUT2D eigenvalue weighted by Gasteiger charge is -2.29. The molecular weight excluding hydrogens is 390 g/mol. The molecule has 1 atom stereocenters. The number of nitrogens with zero attached hydrogens (tertiary/aromatic N) is 3. The first-order valence-corrected chi connectivity index (χ1v) is 9.94. The third-order valence-corrected chi connectivity index (χ3v) is 5.26. The van der Waals surface area contributed by atoms with E-state index in [-0.39, 0.29) is 11.5 Å². The zero-order chi connectivity index (χ0) is 21.1. The fourth-order valence-electron chi connectivity index (χ4n) is 3.49. The molecule has 3 aromatic rings. The zero-order valence-corrected chi connectivity index (χ0v) is 17.7. The number of aromatic nitrogens is 2. The molecule has 1 amide bonds. The Labute approximate surface area is 174 Å². The Morgan fingerprint density at radius 3 is 2.66 bits per heavy atom. The predicted octanol–water partition coefficient (Wildman–Crippen LogP) is 4.30. The molecule has 1 heterocycles. The van der Waals surface area contributed by atoms with E-state index in [4.69, 9.17) is 21.3 Å². The molecule has 0 bridgehead atoms. The Bertz CT molecular complexity index is 1110. The van der Waals surface area contributed by atoms with E-state index in [1.54, 1.807) is 59.0 Å². The number of methoxy groups -OCH3 is 1. The monoisotopic (exact) mass is 413 g/mol. The lowest BCUT2D eigenvalue weighted by atomic mass is 10.1. The molecule has 0 fully saturated rings. The Hall–Kier alpha value is -2.86. The maximum absolute atomic E-state index is 13.2. The van der Waals surface area contributed by atoms with Crippen LogP contribution in [0.2, 0.25) is 5.02 Å². The summed E-state index contributed by atoms with van der Waals surface area (Å²) < 4.78 is 6.85. The number of carbonyl (C=O) groups excluding carboxylic acids is 1. The molecule has 0 radical (unpaired) electrons. The third kappa shape index (κ3) is 3.98. The molecule has 0 aliphatic rings. The average molecular weight is 414 g/mol. The standard InChI is InChI=1S/C22H24ClN3O3/c1-5-25(21(27)15-8-7-9-17(12-15)29-4)14(3)20-24-19-13-16(23)10-11-18(19)22(28)26(20)6-2/h7-14H,5-6H2,1-4H3. The molecule has 6 nitrogen and oxygen atoms in total. The second kappa shape index (κ2) is 8.66. The van der Waals surface area contributed by atoms with Gasteiger partial charge < -0.3 is 9.64 Å². The number of carbonyl (C=O) groups is 1. The molecule has 0 N–H and O–H groups in total. The van der Waals surface area contributed by atoms with Gasteiger partial charge in [0.25, 0.3) is 11.5 Å². The van der Waals surface area contributed by atoms with E-state index in [0.717, 1.165) is 0 Å². The van der Waals surface area contributed by atoms with E-state index in [1.165, 1.54) is 0 Å². The van der Waals surface area contributed by atoms with Gasteiger partial charge in [-0.15, -0.1) is 0 Å². The molecule has 29 heavy (non-hydrogen) atoms. The van der Waals surface area contributed by atoms with Gasteiger partial charge in [0, 0.05) is 23.7 Å². The van der Waals surface area contributed by atoms with Crippen molar-refractivity contribution in [2.45, 2.75) is 33.4 Å². The average Bonchev–Trinajstić information content (AvgIpc) is 2.73. The highest BCUT2D eigenvalue weighted by Crippen LogP contribution is 2.24. The summed E-state index contributed by atoms with van der Waals surface area (Å²) in [5, 5.41) is 1.02. The third-order valence-electron chi connectivity index (χ3n) is 5.02. The number of rotatable bonds is 6. The van der Waals surface area contributed by atoms with Crippen LogP contribution in [0.5, 0.6) is 5.75 Å². The molecule has 0 saturated carbocycles. The number of halogens is 1. The van der Waals surface area contributed by atoms with Gasteiger partial charge in [0.05, 0.1) is 24.1 Å². The molecule has 0 spiro atoms. The van der Waals surface area contributed by atoms with Crippen molar-refractivity contribution in [3.63, 3.8) is 0 Å². The first-order chi connectivity index (χ1) is 13.9. The molecule has 0 aliphatic heterocycles. The fraction of sp³-hybridized carbons (Fsp3) is 0.318. The molecule has 7 heteroatoms. The topological polar surface area (TPSA) is 64.4 Å². The minimum atomic E-state index is -0.408. The van der Waals surface area contributed by atoms with Crippen LogP contribution < -0.4 is 10.3 Å². The maximum Gasteiger partial charge on any atom is 0.261 e. The van der Waals surface area contributed by atoms with E-state index < -0.39 is 6.04 Å². The van der Waals surface area contributed by atoms with Gasteiger partial charge in [0.2, 0.25) is 0 Å². The highest BCUT2D eigenvalue weighted by molar-refractivity contribution is 6.31. The maximum atomic E-state index is 13.2. The van der Waals surface area contributed by atoms with Crippen LogP contribution in [0.3, 0.4) is 0 Å². The van der Waals surface area contributed by atoms with Crippen LogP contribution in [-0.2, 0) is 6.54 Å². The highest BCUT2D eigenvalue weighted by atomic mass is 35.5. The van der Waals surface area contributed by atoms with Gasteiger partial charge in [-0.2, -0.15) is 0 Å². The van der Waals surface area contributed by atoms with Gasteiger partial charge >= 0.3 is 0 Å². The summed E-state index contributed by atoms with van der Waals surface area (Å²) in [6.07, 6.45) is 0. The predicted molar refractivity (Wildman–Crippen MR) is 115 cm³/mol. The van der Waals surface area contributed by atoms with Gasteiger partial charge in [0.1, 0.15) is 11.6 Å². The first kappa shape index (κ1) is 20.9. The molecule has 0 aliphatic carbocycles. The second-order valence-electron chi connectivity index (χ2n) is 6.68. The van der Waals surface area contributed by atoms with Gasteiger partial charge in [-0.25, -0.2) is 4.98 Å². The SMILES string of the molecule is CCN(C(=O)c1cccc(OC)c1)C(C)c1nc2cc(Cl)ccc2c(=O)n1CC. The van der Waals surface area contributed by atoms with Crippen molar-refractivity contribution in [3.05, 3.63) is 69.2 Å². The van der Waals surface area contributed by atoms with Gasteiger partial charge in [-0.05, 0) is 57.2 Å². The van der Waals surface area contributed by atoms with E-state index in [1.807, 2.05) is 20.8 Å². The summed E-state index contributed by atoms with van der Waals surface area (Å²) in [6, 6.07) is 11.7. The van der Waals surface area contributed by atoms with Crippen LogP contribution in [0, 0.1) is 0 Å². The summed E-state index contributed by atoms with van der Waals surface area (Å²) in [5.41, 5.74) is 0.909. The lowest BCUT2D eigenvalue weighted by Crippen LogP contribution is -2.37.